The van der Waals surface area contributed by atoms with Crippen LogP contribution in [0.1, 0.15) is 18.2 Å². The van der Waals surface area contributed by atoms with Gasteiger partial charge in [-0.2, -0.15) is 0 Å². The molecule has 5 heteroatoms. The van der Waals surface area contributed by atoms with Crippen LogP contribution in [0.25, 0.3) is 10.9 Å². The molecule has 1 aliphatic rings. The number of carbonyl (C=O) groups excluding carboxylic acids is 1. The molecule has 0 saturated carbocycles. The maximum Gasteiger partial charge on any atom is 0.323 e. The van der Waals surface area contributed by atoms with Gasteiger partial charge in [-0.15, -0.1) is 12.4 Å². The van der Waals surface area contributed by atoms with Crippen molar-refractivity contribution in [2.75, 3.05) is 6.61 Å². The second-order valence-corrected chi connectivity index (χ2v) is 4.52. The Hall–Kier alpha value is -1.52. The molecular weight excluding hydrogens is 264 g/mol. The summed E-state index contributed by atoms with van der Waals surface area (Å²) in [6.07, 6.45) is 0.693. The summed E-state index contributed by atoms with van der Waals surface area (Å²) in [5.74, 6) is -0.159. The third-order valence-electron chi connectivity index (χ3n) is 3.41. The number of nitrogens with one attached hydrogen (secondary N) is 2. The fraction of sp³-hybridized carbons (Fsp3) is 0.357. The Bertz CT molecular complexity index is 594. The van der Waals surface area contributed by atoms with Crippen molar-refractivity contribution in [1.29, 1.82) is 0 Å². The summed E-state index contributed by atoms with van der Waals surface area (Å²) in [6, 6.07) is 7.97. The molecule has 1 aromatic carbocycles. The zero-order valence-electron chi connectivity index (χ0n) is 10.7. The summed E-state index contributed by atoms with van der Waals surface area (Å²) < 4.78 is 5.07. The third kappa shape index (κ3) is 2.46. The first kappa shape index (κ1) is 13.9. The standard InChI is InChI=1S/C14H16N2O2.ClH/c1-2-18-14(17)12-7-10-9-5-3-4-6-11(9)16-13(10)8-15-12;/h3-6,12,15-16H,2,7-8H2,1H3;1H/t12-;/m0./s1. The van der Waals surface area contributed by atoms with E-state index in [0.29, 0.717) is 19.6 Å². The Morgan fingerprint density at radius 3 is 3.00 bits per heavy atom. The topological polar surface area (TPSA) is 54.1 Å². The normalized spacial score (nSPS) is 17.6. The fourth-order valence-corrected chi connectivity index (χ4v) is 2.55. The van der Waals surface area contributed by atoms with Crippen molar-refractivity contribution in [2.45, 2.75) is 25.9 Å². The Kier molecular flexibility index (Phi) is 4.12. The summed E-state index contributed by atoms with van der Waals surface area (Å²) in [4.78, 5) is 15.2. The predicted octanol–water partition coefficient (Wildman–Crippen LogP) is 2.17. The molecule has 0 fully saturated rings. The number of aromatic amines is 1. The largest absolute Gasteiger partial charge is 0.465 e. The van der Waals surface area contributed by atoms with Crippen LogP contribution >= 0.6 is 12.4 Å². The quantitative estimate of drug-likeness (QED) is 0.829. The van der Waals surface area contributed by atoms with Gasteiger partial charge in [-0.05, 0) is 18.6 Å². The number of carbonyl (C=O) groups is 1. The number of ether oxygens (including phenoxy) is 1. The number of esters is 1. The van der Waals surface area contributed by atoms with Crippen molar-refractivity contribution in [2.24, 2.45) is 0 Å². The zero-order valence-corrected chi connectivity index (χ0v) is 11.5. The van der Waals surface area contributed by atoms with E-state index in [4.69, 9.17) is 4.74 Å². The van der Waals surface area contributed by atoms with Gasteiger partial charge >= 0.3 is 5.97 Å². The van der Waals surface area contributed by atoms with E-state index in [2.05, 4.69) is 22.4 Å². The first-order valence-corrected chi connectivity index (χ1v) is 6.28. The highest BCUT2D eigenvalue weighted by molar-refractivity contribution is 5.86. The summed E-state index contributed by atoms with van der Waals surface area (Å²) in [5.41, 5.74) is 3.55. The lowest BCUT2D eigenvalue weighted by Gasteiger charge is -2.22. The van der Waals surface area contributed by atoms with Gasteiger partial charge in [0.1, 0.15) is 6.04 Å². The van der Waals surface area contributed by atoms with Gasteiger partial charge in [0.25, 0.3) is 0 Å². The van der Waals surface area contributed by atoms with Crippen molar-refractivity contribution in [3.8, 4) is 0 Å². The molecule has 0 amide bonds. The maximum atomic E-state index is 11.8. The molecule has 0 radical (unpaired) electrons. The number of benzene rings is 1. The fourth-order valence-electron chi connectivity index (χ4n) is 2.55. The minimum atomic E-state index is -0.225. The van der Waals surface area contributed by atoms with Crippen LogP contribution in [0.2, 0.25) is 0 Å². The molecule has 1 aliphatic heterocycles. The SMILES string of the molecule is CCOC(=O)[C@@H]1Cc2c([nH]c3ccccc23)CN1.Cl. The van der Waals surface area contributed by atoms with E-state index in [0.717, 1.165) is 5.52 Å². The molecule has 3 rings (SSSR count). The van der Waals surface area contributed by atoms with E-state index in [1.807, 2.05) is 19.1 Å². The van der Waals surface area contributed by atoms with E-state index in [1.54, 1.807) is 0 Å². The molecule has 1 atom stereocenters. The maximum absolute atomic E-state index is 11.8. The van der Waals surface area contributed by atoms with Gasteiger partial charge in [-0.3, -0.25) is 10.1 Å². The number of rotatable bonds is 2. The molecular formula is C14H17ClN2O2. The van der Waals surface area contributed by atoms with Gasteiger partial charge in [-0.25, -0.2) is 0 Å². The van der Waals surface area contributed by atoms with Crippen molar-refractivity contribution in [3.63, 3.8) is 0 Å². The summed E-state index contributed by atoms with van der Waals surface area (Å²) in [6.45, 7) is 2.95. The number of hydrogen-bond acceptors (Lipinski definition) is 3. The molecule has 19 heavy (non-hydrogen) atoms. The van der Waals surface area contributed by atoms with Crippen LogP contribution in [-0.2, 0) is 22.5 Å². The Labute approximate surface area is 117 Å². The van der Waals surface area contributed by atoms with Crippen LogP contribution in [0.4, 0.5) is 0 Å². The lowest BCUT2D eigenvalue weighted by molar-refractivity contribution is -0.145. The molecule has 0 aliphatic carbocycles. The van der Waals surface area contributed by atoms with Crippen molar-refractivity contribution >= 4 is 29.3 Å². The van der Waals surface area contributed by atoms with E-state index < -0.39 is 0 Å². The highest BCUT2D eigenvalue weighted by atomic mass is 35.5. The number of H-pyrrole nitrogens is 1. The Morgan fingerprint density at radius 2 is 2.21 bits per heavy atom. The number of para-hydroxylation sites is 1. The molecule has 4 nitrogen and oxygen atoms in total. The van der Waals surface area contributed by atoms with Crippen LogP contribution in [-0.4, -0.2) is 23.6 Å². The average Bonchev–Trinajstić information content (AvgIpc) is 2.76. The molecule has 0 saturated heterocycles. The Balaban J connectivity index is 0.00000133. The lowest BCUT2D eigenvalue weighted by atomic mass is 9.99. The smallest absolute Gasteiger partial charge is 0.323 e. The van der Waals surface area contributed by atoms with Crippen molar-refractivity contribution in [1.82, 2.24) is 10.3 Å². The van der Waals surface area contributed by atoms with Gasteiger partial charge in [0.05, 0.1) is 6.61 Å². The van der Waals surface area contributed by atoms with Crippen molar-refractivity contribution in [3.05, 3.63) is 35.5 Å². The summed E-state index contributed by atoms with van der Waals surface area (Å²) in [7, 11) is 0. The van der Waals surface area contributed by atoms with Gasteiger partial charge in [0.15, 0.2) is 0 Å². The molecule has 2 aromatic rings. The zero-order chi connectivity index (χ0) is 12.5. The second kappa shape index (κ2) is 5.63. The van der Waals surface area contributed by atoms with Gasteiger partial charge in [-0.1, -0.05) is 18.2 Å². The first-order valence-electron chi connectivity index (χ1n) is 6.28. The van der Waals surface area contributed by atoms with E-state index in [-0.39, 0.29) is 24.4 Å². The third-order valence-corrected chi connectivity index (χ3v) is 3.41. The average molecular weight is 281 g/mol. The molecule has 2 heterocycles. The van der Waals surface area contributed by atoms with Crippen LogP contribution in [0.5, 0.6) is 0 Å². The van der Waals surface area contributed by atoms with Crippen LogP contribution in [0.15, 0.2) is 24.3 Å². The second-order valence-electron chi connectivity index (χ2n) is 4.52. The van der Waals surface area contributed by atoms with E-state index in [1.165, 1.54) is 16.6 Å². The highest BCUT2D eigenvalue weighted by Crippen LogP contribution is 2.26. The number of halogens is 1. The monoisotopic (exact) mass is 280 g/mol. The molecule has 102 valence electrons. The molecule has 0 bridgehead atoms. The van der Waals surface area contributed by atoms with Crippen LogP contribution in [0, 0.1) is 0 Å². The highest BCUT2D eigenvalue weighted by Gasteiger charge is 2.27. The molecule has 1 aromatic heterocycles. The van der Waals surface area contributed by atoms with Crippen LogP contribution in [0.3, 0.4) is 0 Å². The number of fused-ring (bicyclic) bond motifs is 3. The molecule has 0 spiro atoms. The number of hydrogen-bond donors (Lipinski definition) is 2. The van der Waals surface area contributed by atoms with Crippen molar-refractivity contribution < 1.29 is 9.53 Å². The van der Waals surface area contributed by atoms with E-state index >= 15 is 0 Å². The van der Waals surface area contributed by atoms with Gasteiger partial charge in [0.2, 0.25) is 0 Å². The van der Waals surface area contributed by atoms with E-state index in [9.17, 15) is 4.79 Å². The minimum Gasteiger partial charge on any atom is -0.465 e. The van der Waals surface area contributed by atoms with Gasteiger partial charge < -0.3 is 9.72 Å². The molecule has 0 unspecified atom stereocenters. The minimum absolute atomic E-state index is 0. The van der Waals surface area contributed by atoms with Gasteiger partial charge in [0, 0.05) is 29.6 Å². The molecule has 2 N–H and O–H groups in total. The number of aromatic nitrogens is 1. The summed E-state index contributed by atoms with van der Waals surface area (Å²) >= 11 is 0. The first-order chi connectivity index (χ1) is 8.79. The predicted molar refractivity (Wildman–Crippen MR) is 76.5 cm³/mol. The summed E-state index contributed by atoms with van der Waals surface area (Å²) in [5, 5.41) is 4.43. The van der Waals surface area contributed by atoms with Crippen LogP contribution < -0.4 is 5.32 Å². The lowest BCUT2D eigenvalue weighted by Crippen LogP contribution is -2.42. The Morgan fingerprint density at radius 1 is 1.42 bits per heavy atom.